The van der Waals surface area contributed by atoms with Gasteiger partial charge in [-0.25, -0.2) is 0 Å². The van der Waals surface area contributed by atoms with Gasteiger partial charge in [0.15, 0.2) is 12.6 Å². The van der Waals surface area contributed by atoms with E-state index in [-0.39, 0.29) is 35.0 Å². The highest BCUT2D eigenvalue weighted by Crippen LogP contribution is 2.42. The first-order valence-corrected chi connectivity index (χ1v) is 14.1. The zero-order chi connectivity index (χ0) is 25.6. The normalized spacial score (nSPS) is 25.9. The summed E-state index contributed by atoms with van der Waals surface area (Å²) in [5.74, 6) is 1.22. The number of halogens is 1. The third-order valence-electron chi connectivity index (χ3n) is 8.89. The summed E-state index contributed by atoms with van der Waals surface area (Å²) in [5.41, 5.74) is 0.564. The van der Waals surface area contributed by atoms with Crippen molar-refractivity contribution < 1.29 is 40.5 Å². The Kier molecular flexibility index (Phi) is 9.88. The highest BCUT2D eigenvalue weighted by Gasteiger charge is 2.51. The molecule has 0 aromatic heterocycles. The maximum absolute atomic E-state index is 13.9. The highest BCUT2D eigenvalue weighted by atomic mass is 79.9. The molecule has 2 aromatic rings. The van der Waals surface area contributed by atoms with Gasteiger partial charge in [0.1, 0.15) is 18.9 Å². The molecule has 1 amide bonds. The van der Waals surface area contributed by atoms with Crippen LogP contribution >= 0.6 is 0 Å². The fraction of sp³-hybridized carbons (Fsp3) is 0.548. The average Bonchev–Trinajstić information content (AvgIpc) is 3.20. The third-order valence-corrected chi connectivity index (χ3v) is 8.89. The molecule has 1 aliphatic carbocycles. The van der Waals surface area contributed by atoms with E-state index in [9.17, 15) is 9.59 Å². The van der Waals surface area contributed by atoms with Crippen molar-refractivity contribution in [2.75, 3.05) is 39.3 Å². The Balaban J connectivity index is 0.00000336. The Morgan fingerprint density at radius 2 is 1.53 bits per heavy atom. The maximum Gasteiger partial charge on any atom is 0.317 e. The molecule has 3 saturated heterocycles. The molecular formula is C31H41BrN2O4. The fourth-order valence-electron chi connectivity index (χ4n) is 6.76. The number of ether oxygens (including phenoxy) is 2. The van der Waals surface area contributed by atoms with E-state index in [0.29, 0.717) is 25.6 Å². The molecule has 2 aromatic carbocycles. The summed E-state index contributed by atoms with van der Waals surface area (Å²) in [7, 11) is 0. The van der Waals surface area contributed by atoms with Crippen molar-refractivity contribution in [1.29, 1.82) is 0 Å². The van der Waals surface area contributed by atoms with Gasteiger partial charge in [-0.1, -0.05) is 74.2 Å². The Hall–Kier alpha value is -2.38. The second-order valence-corrected chi connectivity index (χ2v) is 11.3. The van der Waals surface area contributed by atoms with Crippen LogP contribution in [-0.4, -0.2) is 61.8 Å². The first-order chi connectivity index (χ1) is 18.1. The van der Waals surface area contributed by atoms with Crippen LogP contribution in [0.1, 0.15) is 56.9 Å². The van der Waals surface area contributed by atoms with Gasteiger partial charge in [0.2, 0.25) is 0 Å². The summed E-state index contributed by atoms with van der Waals surface area (Å²) < 4.78 is 12.8. The molecule has 1 atom stereocenters. The number of fused-ring (bicyclic) bond motifs is 3. The van der Waals surface area contributed by atoms with Crippen molar-refractivity contribution in [3.63, 3.8) is 0 Å². The molecule has 4 aliphatic rings. The summed E-state index contributed by atoms with van der Waals surface area (Å²) >= 11 is 0. The maximum atomic E-state index is 13.9. The van der Waals surface area contributed by atoms with Crippen LogP contribution in [-0.2, 0) is 19.7 Å². The minimum atomic E-state index is -0.537. The van der Waals surface area contributed by atoms with Gasteiger partial charge in [0.25, 0.3) is 5.91 Å². The molecule has 2 bridgehead atoms. The van der Waals surface area contributed by atoms with Crippen LogP contribution in [0.2, 0.25) is 0 Å². The van der Waals surface area contributed by atoms with Crippen LogP contribution in [0.3, 0.4) is 0 Å². The van der Waals surface area contributed by atoms with Gasteiger partial charge in [-0.15, -0.1) is 0 Å². The van der Waals surface area contributed by atoms with E-state index in [4.69, 9.17) is 9.47 Å². The van der Waals surface area contributed by atoms with E-state index in [0.717, 1.165) is 74.0 Å². The standard InChI is InChI=1S/C31H40N2O4.BrH/c34-29(32-19-22-36-27-13-7-4-8-14-27)24-33-20-15-25(16-21-33)28(23-33)37-30(35)31(17-9-1-2-10-18-31)26-11-5-3-6-12-26;/h3-8,11-14,25,28H,1-2,9-10,15-24H2;1H/t25?,28-,33?;/m0./s1. The number of benzene rings is 2. The summed E-state index contributed by atoms with van der Waals surface area (Å²) in [4.78, 5) is 26.8. The second kappa shape index (κ2) is 13.1. The number of quaternary nitrogens is 1. The van der Waals surface area contributed by atoms with Crippen LogP contribution in [0.15, 0.2) is 60.7 Å². The van der Waals surface area contributed by atoms with E-state index in [2.05, 4.69) is 17.4 Å². The molecule has 0 spiro atoms. The summed E-state index contributed by atoms with van der Waals surface area (Å²) in [6, 6.07) is 19.9. The molecule has 0 radical (unpaired) electrons. The van der Waals surface area contributed by atoms with Gasteiger partial charge in [0.05, 0.1) is 25.0 Å². The van der Waals surface area contributed by atoms with Crippen molar-refractivity contribution in [2.24, 2.45) is 5.92 Å². The van der Waals surface area contributed by atoms with Crippen molar-refractivity contribution in [3.8, 4) is 5.75 Å². The summed E-state index contributed by atoms with van der Waals surface area (Å²) in [6.07, 6.45) is 8.13. The number of carbonyl (C=O) groups excluding carboxylic acids is 2. The SMILES string of the molecule is O=C(C[N+]12CCC(CC1)[C@@H](OC(=O)C1(c3ccccc3)CCCCCC1)C2)NCCOc1ccccc1.[Br-]. The van der Waals surface area contributed by atoms with Crippen molar-refractivity contribution in [3.05, 3.63) is 66.2 Å². The summed E-state index contributed by atoms with van der Waals surface area (Å²) in [5, 5.41) is 3.03. The van der Waals surface area contributed by atoms with Crippen LogP contribution in [0.25, 0.3) is 0 Å². The minimum Gasteiger partial charge on any atom is -1.00 e. The Morgan fingerprint density at radius 1 is 0.895 bits per heavy atom. The van der Waals surface area contributed by atoms with E-state index >= 15 is 0 Å². The van der Waals surface area contributed by atoms with Gasteiger partial charge in [-0.05, 0) is 30.5 Å². The molecule has 4 fully saturated rings. The molecular weight excluding hydrogens is 544 g/mol. The molecule has 206 valence electrons. The molecule has 1 N–H and O–H groups in total. The number of piperidine rings is 3. The Bertz CT molecular complexity index is 1030. The second-order valence-electron chi connectivity index (χ2n) is 11.3. The van der Waals surface area contributed by atoms with Crippen molar-refractivity contribution in [2.45, 2.75) is 62.9 Å². The van der Waals surface area contributed by atoms with E-state index in [1.165, 1.54) is 12.8 Å². The predicted molar refractivity (Wildman–Crippen MR) is 143 cm³/mol. The first-order valence-electron chi connectivity index (χ1n) is 14.1. The van der Waals surface area contributed by atoms with Gasteiger partial charge in [-0.3, -0.25) is 9.59 Å². The van der Waals surface area contributed by atoms with Crippen molar-refractivity contribution in [1.82, 2.24) is 5.32 Å². The zero-order valence-electron chi connectivity index (χ0n) is 22.3. The summed E-state index contributed by atoms with van der Waals surface area (Å²) in [6.45, 7) is 4.08. The molecule has 6 rings (SSSR count). The van der Waals surface area contributed by atoms with Gasteiger partial charge in [0, 0.05) is 18.8 Å². The van der Waals surface area contributed by atoms with Crippen molar-refractivity contribution >= 4 is 11.9 Å². The first kappa shape index (κ1) is 28.6. The van der Waals surface area contributed by atoms with Crippen LogP contribution in [0.4, 0.5) is 0 Å². The monoisotopic (exact) mass is 584 g/mol. The number of nitrogens with zero attached hydrogens (tertiary/aromatic N) is 1. The molecule has 3 heterocycles. The average molecular weight is 586 g/mol. The lowest BCUT2D eigenvalue weighted by molar-refractivity contribution is -0.939. The minimum absolute atomic E-state index is 0. The van der Waals surface area contributed by atoms with Gasteiger partial charge in [-0.2, -0.15) is 0 Å². The predicted octanol–water partition coefficient (Wildman–Crippen LogP) is 1.63. The Morgan fingerprint density at radius 3 is 2.18 bits per heavy atom. The Labute approximate surface area is 237 Å². The molecule has 0 unspecified atom stereocenters. The number of para-hydroxylation sites is 1. The van der Waals surface area contributed by atoms with Gasteiger partial charge < -0.3 is 36.3 Å². The lowest BCUT2D eigenvalue weighted by Crippen LogP contribution is -3.00. The number of amides is 1. The van der Waals surface area contributed by atoms with E-state index in [1.54, 1.807) is 0 Å². The number of carbonyl (C=O) groups is 2. The number of hydrogen-bond donors (Lipinski definition) is 1. The van der Waals surface area contributed by atoms with Crippen LogP contribution in [0.5, 0.6) is 5.75 Å². The zero-order valence-corrected chi connectivity index (χ0v) is 23.9. The molecule has 1 saturated carbocycles. The lowest BCUT2D eigenvalue weighted by atomic mass is 9.74. The molecule has 7 heteroatoms. The topological polar surface area (TPSA) is 64.6 Å². The third kappa shape index (κ3) is 6.60. The van der Waals surface area contributed by atoms with Crippen LogP contribution in [0, 0.1) is 5.92 Å². The van der Waals surface area contributed by atoms with E-state index in [1.807, 2.05) is 48.5 Å². The molecule has 3 aliphatic heterocycles. The smallest absolute Gasteiger partial charge is 0.317 e. The number of esters is 1. The fourth-order valence-corrected chi connectivity index (χ4v) is 6.76. The number of nitrogens with one attached hydrogen (secondary N) is 1. The lowest BCUT2D eigenvalue weighted by Gasteiger charge is -2.52. The quantitative estimate of drug-likeness (QED) is 0.211. The van der Waals surface area contributed by atoms with E-state index < -0.39 is 5.41 Å². The number of rotatable bonds is 9. The highest BCUT2D eigenvalue weighted by molar-refractivity contribution is 5.83. The molecule has 38 heavy (non-hydrogen) atoms. The van der Waals surface area contributed by atoms with Gasteiger partial charge >= 0.3 is 5.97 Å². The molecule has 6 nitrogen and oxygen atoms in total. The number of hydrogen-bond acceptors (Lipinski definition) is 4. The largest absolute Gasteiger partial charge is 1.00 e. The van der Waals surface area contributed by atoms with Crippen LogP contribution < -0.4 is 27.0 Å².